The molecule has 1 fully saturated rings. The van der Waals surface area contributed by atoms with Gasteiger partial charge in [-0.05, 0) is 60.2 Å². The van der Waals surface area contributed by atoms with Gasteiger partial charge in [0, 0.05) is 47.9 Å². The number of anilines is 1. The Balaban J connectivity index is 1.60. The molecule has 30 heavy (non-hydrogen) atoms. The van der Waals surface area contributed by atoms with Gasteiger partial charge in [-0.15, -0.1) is 0 Å². The normalized spacial score (nSPS) is 22.7. The minimum atomic E-state index is -4.44. The lowest BCUT2D eigenvalue weighted by atomic mass is 9.86. The van der Waals surface area contributed by atoms with Gasteiger partial charge in [0.15, 0.2) is 0 Å². The van der Waals surface area contributed by atoms with Gasteiger partial charge in [0.25, 0.3) is 0 Å². The van der Waals surface area contributed by atoms with Crippen LogP contribution in [0.15, 0.2) is 30.3 Å². The molecule has 2 aromatic rings. The van der Waals surface area contributed by atoms with Crippen LogP contribution >= 0.6 is 11.6 Å². The molecule has 1 amide bonds. The molecule has 158 valence electrons. The van der Waals surface area contributed by atoms with Crippen LogP contribution in [0.4, 0.5) is 23.7 Å². The van der Waals surface area contributed by atoms with Crippen LogP contribution in [-0.4, -0.2) is 41.8 Å². The van der Waals surface area contributed by atoms with Crippen LogP contribution in [0.5, 0.6) is 0 Å². The number of hydrogen-bond acceptors (Lipinski definition) is 2. The molecule has 0 spiro atoms. The lowest BCUT2D eigenvalue weighted by Crippen LogP contribution is -2.48. The number of piperidine rings is 1. The minimum absolute atomic E-state index is 0.0647. The van der Waals surface area contributed by atoms with Gasteiger partial charge in [-0.2, -0.15) is 13.2 Å². The van der Waals surface area contributed by atoms with Gasteiger partial charge < -0.3 is 14.9 Å². The molecule has 1 N–H and O–H groups in total. The second kappa shape index (κ2) is 6.80. The van der Waals surface area contributed by atoms with E-state index in [1.165, 1.54) is 22.2 Å². The highest BCUT2D eigenvalue weighted by Crippen LogP contribution is 2.50. The maximum absolute atomic E-state index is 13.0. The summed E-state index contributed by atoms with van der Waals surface area (Å²) in [6.45, 7) is 1.91. The maximum atomic E-state index is 13.0. The Hall–Kier alpha value is -2.41. The molecule has 2 aromatic carbocycles. The van der Waals surface area contributed by atoms with Crippen LogP contribution in [0, 0.1) is 0 Å². The zero-order valence-electron chi connectivity index (χ0n) is 16.0. The standard InChI is InChI=1S/C22H20ClF3N2O2/c23-18-10-14(22(24,25)26)3-4-15(18)13-8-12-2-1-6-28-19-5-7-27(21(29)30)11-17(19)16(9-13)20(12)28/h3-4,8-10,17,19H,1-2,5-7,11H2,(H,29,30)/t17-,19-/m0/s1. The lowest BCUT2D eigenvalue weighted by molar-refractivity contribution is -0.137. The summed E-state index contributed by atoms with van der Waals surface area (Å²) in [7, 11) is 0. The summed E-state index contributed by atoms with van der Waals surface area (Å²) in [5.74, 6) is 0.0647. The number of fused-ring (bicyclic) bond motifs is 3. The zero-order valence-corrected chi connectivity index (χ0v) is 16.8. The first-order valence-corrected chi connectivity index (χ1v) is 10.4. The number of carbonyl (C=O) groups is 1. The topological polar surface area (TPSA) is 43.8 Å². The number of halogens is 4. The van der Waals surface area contributed by atoms with Crippen LogP contribution in [0.1, 0.15) is 35.4 Å². The molecular formula is C22H20ClF3N2O2. The van der Waals surface area contributed by atoms with Crippen LogP contribution in [0.3, 0.4) is 0 Å². The Morgan fingerprint density at radius 2 is 1.97 bits per heavy atom. The average Bonchev–Trinajstić information content (AvgIpc) is 3.02. The lowest BCUT2D eigenvalue weighted by Gasteiger charge is -2.39. The predicted octanol–water partition coefficient (Wildman–Crippen LogP) is 5.63. The first-order valence-electron chi connectivity index (χ1n) is 10.0. The number of rotatable bonds is 1. The van der Waals surface area contributed by atoms with E-state index in [-0.39, 0.29) is 17.0 Å². The Morgan fingerprint density at radius 3 is 2.67 bits per heavy atom. The van der Waals surface area contributed by atoms with Crippen molar-refractivity contribution >= 4 is 23.4 Å². The van der Waals surface area contributed by atoms with Crippen LogP contribution in [0.2, 0.25) is 5.02 Å². The summed E-state index contributed by atoms with van der Waals surface area (Å²) in [6, 6.07) is 7.76. The van der Waals surface area contributed by atoms with Crippen molar-refractivity contribution < 1.29 is 23.1 Å². The minimum Gasteiger partial charge on any atom is -0.465 e. The predicted molar refractivity (Wildman–Crippen MR) is 108 cm³/mol. The highest BCUT2D eigenvalue weighted by atomic mass is 35.5. The van der Waals surface area contributed by atoms with Crippen LogP contribution in [-0.2, 0) is 12.6 Å². The van der Waals surface area contributed by atoms with E-state index in [4.69, 9.17) is 11.6 Å². The maximum Gasteiger partial charge on any atom is 0.416 e. The summed E-state index contributed by atoms with van der Waals surface area (Å²) < 4.78 is 39.1. The Labute approximate surface area is 176 Å². The number of alkyl halides is 3. The summed E-state index contributed by atoms with van der Waals surface area (Å²) in [6.07, 6.45) is -2.68. The monoisotopic (exact) mass is 436 g/mol. The zero-order chi connectivity index (χ0) is 21.2. The fourth-order valence-electron chi connectivity index (χ4n) is 5.30. The van der Waals surface area contributed by atoms with Crippen molar-refractivity contribution in [1.29, 1.82) is 0 Å². The van der Waals surface area contributed by atoms with E-state index in [1.54, 1.807) is 0 Å². The van der Waals surface area contributed by atoms with E-state index < -0.39 is 17.8 Å². The SMILES string of the molecule is O=C(O)N1CC[C@H]2[C@@H](C1)c1cc(-c3ccc(C(F)(F)F)cc3Cl)cc3c1N2CCC3. The molecule has 8 heteroatoms. The van der Waals surface area contributed by atoms with Crippen molar-refractivity contribution in [2.45, 2.75) is 37.4 Å². The molecule has 5 rings (SSSR count). The van der Waals surface area contributed by atoms with Gasteiger partial charge in [0.05, 0.1) is 5.56 Å². The Morgan fingerprint density at radius 1 is 1.17 bits per heavy atom. The van der Waals surface area contributed by atoms with E-state index in [0.29, 0.717) is 18.7 Å². The molecule has 0 aliphatic carbocycles. The van der Waals surface area contributed by atoms with Gasteiger partial charge in [-0.1, -0.05) is 17.7 Å². The first-order chi connectivity index (χ1) is 14.2. The number of likely N-dealkylation sites (tertiary alicyclic amines) is 1. The van der Waals surface area contributed by atoms with Crippen LogP contribution < -0.4 is 4.90 Å². The average molecular weight is 437 g/mol. The first kappa shape index (κ1) is 19.5. The molecule has 0 unspecified atom stereocenters. The number of amides is 1. The summed E-state index contributed by atoms with van der Waals surface area (Å²) in [5.41, 5.74) is 4.03. The molecule has 3 aliphatic rings. The summed E-state index contributed by atoms with van der Waals surface area (Å²) in [4.78, 5) is 15.4. The molecule has 3 aliphatic heterocycles. The van der Waals surface area contributed by atoms with Gasteiger partial charge in [0.1, 0.15) is 0 Å². The van der Waals surface area contributed by atoms with E-state index in [2.05, 4.69) is 4.90 Å². The van der Waals surface area contributed by atoms with Crippen molar-refractivity contribution in [3.63, 3.8) is 0 Å². The molecule has 0 saturated carbocycles. The van der Waals surface area contributed by atoms with Crippen molar-refractivity contribution in [1.82, 2.24) is 4.90 Å². The number of hydrogen-bond donors (Lipinski definition) is 1. The highest BCUT2D eigenvalue weighted by molar-refractivity contribution is 6.33. The van der Waals surface area contributed by atoms with Crippen molar-refractivity contribution in [2.24, 2.45) is 0 Å². The molecule has 0 aromatic heterocycles. The van der Waals surface area contributed by atoms with Gasteiger partial charge in [0.2, 0.25) is 0 Å². The van der Waals surface area contributed by atoms with Crippen LogP contribution in [0.25, 0.3) is 11.1 Å². The summed E-state index contributed by atoms with van der Waals surface area (Å²) in [5, 5.41) is 9.52. The fourth-order valence-corrected chi connectivity index (χ4v) is 5.59. The van der Waals surface area contributed by atoms with Crippen molar-refractivity contribution in [3.8, 4) is 11.1 Å². The Bertz CT molecular complexity index is 1040. The van der Waals surface area contributed by atoms with E-state index in [0.717, 1.165) is 49.1 Å². The Kier molecular flexibility index (Phi) is 4.43. The second-order valence-corrected chi connectivity index (χ2v) is 8.66. The smallest absolute Gasteiger partial charge is 0.416 e. The molecular weight excluding hydrogens is 417 g/mol. The quantitative estimate of drug-likeness (QED) is 0.630. The van der Waals surface area contributed by atoms with E-state index in [9.17, 15) is 23.1 Å². The van der Waals surface area contributed by atoms with Gasteiger partial charge in [-0.25, -0.2) is 4.79 Å². The van der Waals surface area contributed by atoms with Gasteiger partial charge >= 0.3 is 12.3 Å². The van der Waals surface area contributed by atoms with Crippen molar-refractivity contribution in [3.05, 3.63) is 52.0 Å². The number of benzene rings is 2. The molecule has 2 atom stereocenters. The van der Waals surface area contributed by atoms with E-state index >= 15 is 0 Å². The third-order valence-electron chi connectivity index (χ3n) is 6.60. The number of carboxylic acid groups (broad SMARTS) is 1. The fraction of sp³-hybridized carbons (Fsp3) is 0.409. The van der Waals surface area contributed by atoms with E-state index in [1.807, 2.05) is 12.1 Å². The molecule has 1 saturated heterocycles. The highest BCUT2D eigenvalue weighted by Gasteiger charge is 2.45. The largest absolute Gasteiger partial charge is 0.465 e. The van der Waals surface area contributed by atoms with Crippen molar-refractivity contribution in [2.75, 3.05) is 24.5 Å². The number of aryl methyl sites for hydroxylation is 1. The molecule has 4 nitrogen and oxygen atoms in total. The third kappa shape index (κ3) is 3.02. The third-order valence-corrected chi connectivity index (χ3v) is 6.92. The number of nitrogens with zero attached hydrogens (tertiary/aromatic N) is 2. The second-order valence-electron chi connectivity index (χ2n) is 8.25. The molecule has 0 radical (unpaired) electrons. The molecule has 0 bridgehead atoms. The summed E-state index contributed by atoms with van der Waals surface area (Å²) >= 11 is 6.26. The van der Waals surface area contributed by atoms with Gasteiger partial charge in [-0.3, -0.25) is 0 Å². The molecule has 3 heterocycles.